The fourth-order valence-corrected chi connectivity index (χ4v) is 2.50. The third-order valence-corrected chi connectivity index (χ3v) is 3.70. The van der Waals surface area contributed by atoms with Crippen molar-refractivity contribution in [2.75, 3.05) is 27.2 Å². The van der Waals surface area contributed by atoms with E-state index in [1.165, 1.54) is 0 Å². The third-order valence-electron chi connectivity index (χ3n) is 3.36. The SMILES string of the molecule is CCN(CC(=O)N(C)C)C(c1ccccc1Cl)C(C)N. The average Bonchev–Trinajstić information content (AvgIpc) is 2.39. The average molecular weight is 298 g/mol. The molecule has 112 valence electrons. The minimum atomic E-state index is -0.121. The summed E-state index contributed by atoms with van der Waals surface area (Å²) < 4.78 is 0. The van der Waals surface area contributed by atoms with Crippen molar-refractivity contribution >= 4 is 17.5 Å². The molecule has 0 heterocycles. The predicted molar refractivity (Wildman–Crippen MR) is 83.8 cm³/mol. The molecule has 0 aliphatic heterocycles. The number of amides is 1. The van der Waals surface area contributed by atoms with E-state index in [2.05, 4.69) is 4.90 Å². The first kappa shape index (κ1) is 17.0. The van der Waals surface area contributed by atoms with E-state index >= 15 is 0 Å². The smallest absolute Gasteiger partial charge is 0.236 e. The topological polar surface area (TPSA) is 49.6 Å². The number of likely N-dealkylation sites (N-methyl/N-ethyl adjacent to an activating group) is 2. The molecule has 2 unspecified atom stereocenters. The first-order valence-corrected chi connectivity index (χ1v) is 7.20. The van der Waals surface area contributed by atoms with Gasteiger partial charge in [0.25, 0.3) is 0 Å². The Kier molecular flexibility index (Phi) is 6.46. The number of nitrogens with zero attached hydrogens (tertiary/aromatic N) is 2. The Morgan fingerprint density at radius 3 is 2.40 bits per heavy atom. The van der Waals surface area contributed by atoms with Crippen molar-refractivity contribution < 1.29 is 4.79 Å². The number of hydrogen-bond acceptors (Lipinski definition) is 3. The molecule has 2 N–H and O–H groups in total. The molecule has 2 atom stereocenters. The lowest BCUT2D eigenvalue weighted by atomic mass is 9.99. The van der Waals surface area contributed by atoms with Crippen molar-refractivity contribution in [3.63, 3.8) is 0 Å². The summed E-state index contributed by atoms with van der Waals surface area (Å²) in [5.41, 5.74) is 7.11. The highest BCUT2D eigenvalue weighted by molar-refractivity contribution is 6.31. The van der Waals surface area contributed by atoms with Crippen LogP contribution in [-0.2, 0) is 4.79 Å². The molecule has 0 fully saturated rings. The zero-order valence-electron chi connectivity index (χ0n) is 12.6. The molecule has 1 amide bonds. The minimum Gasteiger partial charge on any atom is -0.348 e. The normalized spacial score (nSPS) is 14.2. The van der Waals surface area contributed by atoms with E-state index in [9.17, 15) is 4.79 Å². The van der Waals surface area contributed by atoms with Crippen LogP contribution in [0.2, 0.25) is 5.02 Å². The van der Waals surface area contributed by atoms with E-state index in [0.717, 1.165) is 12.1 Å². The van der Waals surface area contributed by atoms with E-state index in [0.29, 0.717) is 11.6 Å². The lowest BCUT2D eigenvalue weighted by Gasteiger charge is -2.34. The van der Waals surface area contributed by atoms with Gasteiger partial charge in [0.1, 0.15) is 0 Å². The summed E-state index contributed by atoms with van der Waals surface area (Å²) in [6, 6.07) is 7.47. The van der Waals surface area contributed by atoms with Gasteiger partial charge in [-0.1, -0.05) is 36.7 Å². The van der Waals surface area contributed by atoms with Crippen molar-refractivity contribution in [2.45, 2.75) is 25.9 Å². The summed E-state index contributed by atoms with van der Waals surface area (Å²) in [7, 11) is 3.51. The van der Waals surface area contributed by atoms with Crippen LogP contribution in [0.5, 0.6) is 0 Å². The molecule has 0 saturated carbocycles. The fraction of sp³-hybridized carbons (Fsp3) is 0.533. The lowest BCUT2D eigenvalue weighted by molar-refractivity contribution is -0.130. The summed E-state index contributed by atoms with van der Waals surface area (Å²) in [6.07, 6.45) is 0. The molecule has 0 radical (unpaired) electrons. The lowest BCUT2D eigenvalue weighted by Crippen LogP contribution is -2.44. The van der Waals surface area contributed by atoms with Crippen molar-refractivity contribution in [1.29, 1.82) is 0 Å². The molecule has 1 rings (SSSR count). The molecule has 0 bridgehead atoms. The molecule has 5 heteroatoms. The van der Waals surface area contributed by atoms with Gasteiger partial charge in [0, 0.05) is 25.2 Å². The quantitative estimate of drug-likeness (QED) is 0.875. The maximum atomic E-state index is 12.0. The van der Waals surface area contributed by atoms with Gasteiger partial charge in [-0.15, -0.1) is 0 Å². The zero-order valence-corrected chi connectivity index (χ0v) is 13.4. The van der Waals surface area contributed by atoms with Crippen molar-refractivity contribution in [3.8, 4) is 0 Å². The molecule has 0 saturated heterocycles. The second-order valence-corrected chi connectivity index (χ2v) is 5.58. The van der Waals surface area contributed by atoms with Crippen LogP contribution in [0.1, 0.15) is 25.5 Å². The van der Waals surface area contributed by atoms with Crippen LogP contribution in [0.15, 0.2) is 24.3 Å². The van der Waals surface area contributed by atoms with Gasteiger partial charge in [-0.05, 0) is 25.1 Å². The van der Waals surface area contributed by atoms with Crippen LogP contribution < -0.4 is 5.73 Å². The molecular formula is C15H24ClN3O. The van der Waals surface area contributed by atoms with E-state index in [1.54, 1.807) is 19.0 Å². The highest BCUT2D eigenvalue weighted by Crippen LogP contribution is 2.29. The number of carbonyl (C=O) groups is 1. The number of benzene rings is 1. The molecule has 20 heavy (non-hydrogen) atoms. The van der Waals surface area contributed by atoms with E-state index < -0.39 is 0 Å². The number of hydrogen-bond donors (Lipinski definition) is 1. The molecule has 0 aliphatic rings. The van der Waals surface area contributed by atoms with Crippen molar-refractivity contribution in [1.82, 2.24) is 9.80 Å². The summed E-state index contributed by atoms with van der Waals surface area (Å²) in [4.78, 5) is 15.6. The molecule has 1 aromatic rings. The summed E-state index contributed by atoms with van der Waals surface area (Å²) >= 11 is 6.29. The maximum absolute atomic E-state index is 12.0. The Morgan fingerprint density at radius 2 is 1.95 bits per heavy atom. The van der Waals surface area contributed by atoms with Gasteiger partial charge in [0.2, 0.25) is 5.91 Å². The van der Waals surface area contributed by atoms with Gasteiger partial charge in [-0.3, -0.25) is 9.69 Å². The van der Waals surface area contributed by atoms with Crippen LogP contribution >= 0.6 is 11.6 Å². The molecular weight excluding hydrogens is 274 g/mol. The van der Waals surface area contributed by atoms with Crippen LogP contribution in [0, 0.1) is 0 Å². The number of halogens is 1. The van der Waals surface area contributed by atoms with Crippen molar-refractivity contribution in [2.24, 2.45) is 5.73 Å². The monoisotopic (exact) mass is 297 g/mol. The number of rotatable bonds is 6. The molecule has 0 aliphatic carbocycles. The molecule has 4 nitrogen and oxygen atoms in total. The largest absolute Gasteiger partial charge is 0.348 e. The first-order chi connectivity index (χ1) is 9.38. The standard InChI is InChI=1S/C15H24ClN3O/c1-5-19(10-14(20)18(3)4)15(11(2)17)12-8-6-7-9-13(12)16/h6-9,11,15H,5,10,17H2,1-4H3. The van der Waals surface area contributed by atoms with E-state index in [1.807, 2.05) is 38.1 Å². The summed E-state index contributed by atoms with van der Waals surface area (Å²) in [5, 5.41) is 0.686. The van der Waals surface area contributed by atoms with E-state index in [4.69, 9.17) is 17.3 Å². The van der Waals surface area contributed by atoms with Gasteiger partial charge in [-0.25, -0.2) is 0 Å². The van der Waals surface area contributed by atoms with E-state index in [-0.39, 0.29) is 18.0 Å². The van der Waals surface area contributed by atoms with Crippen LogP contribution in [-0.4, -0.2) is 48.9 Å². The second-order valence-electron chi connectivity index (χ2n) is 5.18. The van der Waals surface area contributed by atoms with Gasteiger partial charge in [0.15, 0.2) is 0 Å². The van der Waals surface area contributed by atoms with Crippen LogP contribution in [0.25, 0.3) is 0 Å². The molecule has 0 aromatic heterocycles. The first-order valence-electron chi connectivity index (χ1n) is 6.82. The van der Waals surface area contributed by atoms with Gasteiger partial charge in [0.05, 0.1) is 12.6 Å². The third kappa shape index (κ3) is 4.20. The van der Waals surface area contributed by atoms with Gasteiger partial charge >= 0.3 is 0 Å². The summed E-state index contributed by atoms with van der Waals surface area (Å²) in [5.74, 6) is 0.0598. The van der Waals surface area contributed by atoms with Gasteiger partial charge < -0.3 is 10.6 Å². The fourth-order valence-electron chi connectivity index (χ4n) is 2.25. The highest BCUT2D eigenvalue weighted by atomic mass is 35.5. The Hall–Kier alpha value is -1.10. The van der Waals surface area contributed by atoms with Gasteiger partial charge in [-0.2, -0.15) is 0 Å². The Bertz CT molecular complexity index is 448. The van der Waals surface area contributed by atoms with Crippen LogP contribution in [0.3, 0.4) is 0 Å². The Labute approximate surface area is 126 Å². The maximum Gasteiger partial charge on any atom is 0.236 e. The van der Waals surface area contributed by atoms with Crippen LogP contribution in [0.4, 0.5) is 0 Å². The number of nitrogens with two attached hydrogens (primary N) is 1. The molecule has 0 spiro atoms. The second kappa shape index (κ2) is 7.62. The molecule has 1 aromatic carbocycles. The number of carbonyl (C=O) groups excluding carboxylic acids is 1. The van der Waals surface area contributed by atoms with Crippen molar-refractivity contribution in [3.05, 3.63) is 34.9 Å². The Morgan fingerprint density at radius 1 is 1.35 bits per heavy atom. The highest BCUT2D eigenvalue weighted by Gasteiger charge is 2.26. The Balaban J connectivity index is 3.05. The zero-order chi connectivity index (χ0) is 15.3. The summed E-state index contributed by atoms with van der Waals surface area (Å²) in [6.45, 7) is 5.03. The minimum absolute atomic E-state index is 0.0598. The predicted octanol–water partition coefficient (Wildman–Crippen LogP) is 2.14.